The van der Waals surface area contributed by atoms with Crippen molar-refractivity contribution in [2.75, 3.05) is 13.2 Å². The second kappa shape index (κ2) is 5.51. The molecular formula is C12H15F3O2. The van der Waals surface area contributed by atoms with Gasteiger partial charge in [0.05, 0.1) is 6.61 Å². The van der Waals surface area contributed by atoms with Gasteiger partial charge in [-0.25, -0.2) is 0 Å². The van der Waals surface area contributed by atoms with Crippen molar-refractivity contribution in [3.05, 3.63) is 34.9 Å². The number of hydrogen-bond donors (Lipinski definition) is 1. The number of halogens is 3. The molecule has 1 rings (SSSR count). The second-order valence-corrected chi connectivity index (χ2v) is 3.94. The lowest BCUT2D eigenvalue weighted by Crippen LogP contribution is -2.20. The van der Waals surface area contributed by atoms with Gasteiger partial charge in [-0.2, -0.15) is 13.2 Å². The smallest absolute Gasteiger partial charge is 0.386 e. The lowest BCUT2D eigenvalue weighted by molar-refractivity contribution is -0.179. The highest BCUT2D eigenvalue weighted by molar-refractivity contribution is 5.34. The molecule has 0 aliphatic heterocycles. The van der Waals surface area contributed by atoms with Crippen LogP contribution < -0.4 is 0 Å². The molecule has 1 atom stereocenters. The van der Waals surface area contributed by atoms with Gasteiger partial charge in [-0.1, -0.05) is 18.2 Å². The molecule has 0 aliphatic carbocycles. The summed E-state index contributed by atoms with van der Waals surface area (Å²) in [6.45, 7) is 2.00. The van der Waals surface area contributed by atoms with Gasteiger partial charge in [-0.3, -0.25) is 0 Å². The van der Waals surface area contributed by atoms with E-state index < -0.39 is 18.9 Å². The van der Waals surface area contributed by atoms with Gasteiger partial charge in [0.25, 0.3) is 0 Å². The van der Waals surface area contributed by atoms with Crippen LogP contribution in [0.3, 0.4) is 0 Å². The van der Waals surface area contributed by atoms with Crippen LogP contribution in [0.5, 0.6) is 0 Å². The third kappa shape index (κ3) is 4.36. The van der Waals surface area contributed by atoms with E-state index in [1.54, 1.807) is 12.1 Å². The minimum absolute atomic E-state index is 0.357. The molecule has 96 valence electrons. The predicted molar refractivity (Wildman–Crippen MR) is 57.7 cm³/mol. The summed E-state index contributed by atoms with van der Waals surface area (Å²) in [4.78, 5) is 0. The number of aryl methyl sites for hydroxylation is 1. The summed E-state index contributed by atoms with van der Waals surface area (Å²) >= 11 is 0. The van der Waals surface area contributed by atoms with E-state index in [2.05, 4.69) is 4.74 Å². The Kier molecular flexibility index (Phi) is 4.54. The molecule has 0 saturated heterocycles. The molecule has 1 aromatic rings. The fourth-order valence-corrected chi connectivity index (χ4v) is 1.51. The Bertz CT molecular complexity index is 375. The van der Waals surface area contributed by atoms with Crippen LogP contribution in [0.2, 0.25) is 0 Å². The molecule has 0 aromatic heterocycles. The summed E-state index contributed by atoms with van der Waals surface area (Å²) in [5.41, 5.74) is 2.46. The zero-order chi connectivity index (χ0) is 13.1. The van der Waals surface area contributed by atoms with Gasteiger partial charge in [0, 0.05) is 0 Å². The lowest BCUT2D eigenvalue weighted by atomic mass is 10.00. The van der Waals surface area contributed by atoms with Crippen LogP contribution in [-0.2, 0) is 4.74 Å². The fraction of sp³-hybridized carbons (Fsp3) is 0.500. The van der Waals surface area contributed by atoms with Crippen LogP contribution >= 0.6 is 0 Å². The summed E-state index contributed by atoms with van der Waals surface area (Å²) in [7, 11) is 0. The van der Waals surface area contributed by atoms with Crippen LogP contribution in [0.25, 0.3) is 0 Å². The molecule has 0 radical (unpaired) electrons. The second-order valence-electron chi connectivity index (χ2n) is 3.94. The summed E-state index contributed by atoms with van der Waals surface area (Å²) in [5.74, 6) is 0. The van der Waals surface area contributed by atoms with E-state index in [-0.39, 0.29) is 6.61 Å². The minimum Gasteiger partial charge on any atom is -0.386 e. The van der Waals surface area contributed by atoms with E-state index in [0.717, 1.165) is 11.1 Å². The monoisotopic (exact) mass is 248 g/mol. The predicted octanol–water partition coefficient (Wildman–Crippen LogP) is 2.92. The molecule has 1 N–H and O–H groups in total. The number of benzene rings is 1. The maximum absolute atomic E-state index is 11.8. The van der Waals surface area contributed by atoms with Crippen LogP contribution in [0.4, 0.5) is 13.2 Å². The molecule has 0 spiro atoms. The Balaban J connectivity index is 2.58. The molecule has 2 nitrogen and oxygen atoms in total. The molecule has 0 fully saturated rings. The van der Waals surface area contributed by atoms with E-state index >= 15 is 0 Å². The van der Waals surface area contributed by atoms with Crippen molar-refractivity contribution in [3.63, 3.8) is 0 Å². The summed E-state index contributed by atoms with van der Waals surface area (Å²) in [6, 6.07) is 5.32. The molecular weight excluding hydrogens is 233 g/mol. The topological polar surface area (TPSA) is 29.5 Å². The van der Waals surface area contributed by atoms with Crippen molar-refractivity contribution < 1.29 is 23.0 Å². The Morgan fingerprint density at radius 3 is 2.53 bits per heavy atom. The van der Waals surface area contributed by atoms with Gasteiger partial charge >= 0.3 is 6.18 Å². The number of aliphatic hydroxyl groups is 1. The largest absolute Gasteiger partial charge is 0.411 e. The Morgan fingerprint density at radius 2 is 1.94 bits per heavy atom. The van der Waals surface area contributed by atoms with Crippen molar-refractivity contribution in [1.82, 2.24) is 0 Å². The van der Waals surface area contributed by atoms with E-state index in [1.807, 2.05) is 19.9 Å². The first kappa shape index (κ1) is 14.0. The van der Waals surface area contributed by atoms with E-state index in [4.69, 9.17) is 0 Å². The average Bonchev–Trinajstić information content (AvgIpc) is 2.20. The number of rotatable bonds is 4. The highest BCUT2D eigenvalue weighted by Gasteiger charge is 2.28. The molecule has 0 amide bonds. The van der Waals surface area contributed by atoms with Crippen molar-refractivity contribution in [2.45, 2.75) is 26.1 Å². The Morgan fingerprint density at radius 1 is 1.29 bits per heavy atom. The first-order valence-corrected chi connectivity index (χ1v) is 5.20. The molecule has 1 unspecified atom stereocenters. The Labute approximate surface area is 98.0 Å². The molecule has 0 saturated carbocycles. The summed E-state index contributed by atoms with van der Waals surface area (Å²) in [5, 5.41) is 9.73. The van der Waals surface area contributed by atoms with E-state index in [1.165, 1.54) is 0 Å². The maximum atomic E-state index is 11.8. The highest BCUT2D eigenvalue weighted by Crippen LogP contribution is 2.21. The molecule has 0 bridgehead atoms. The van der Waals surface area contributed by atoms with E-state index in [9.17, 15) is 18.3 Å². The van der Waals surface area contributed by atoms with Crippen molar-refractivity contribution >= 4 is 0 Å². The molecule has 0 aliphatic rings. The summed E-state index contributed by atoms with van der Waals surface area (Å²) in [6.07, 6.45) is -5.39. The van der Waals surface area contributed by atoms with Gasteiger partial charge in [0.1, 0.15) is 12.7 Å². The van der Waals surface area contributed by atoms with Crippen molar-refractivity contribution in [2.24, 2.45) is 0 Å². The zero-order valence-corrected chi connectivity index (χ0v) is 9.71. The van der Waals surface area contributed by atoms with Gasteiger partial charge in [-0.05, 0) is 30.5 Å². The number of hydrogen-bond acceptors (Lipinski definition) is 2. The summed E-state index contributed by atoms with van der Waals surface area (Å²) < 4.78 is 40.0. The highest BCUT2D eigenvalue weighted by atomic mass is 19.4. The van der Waals surface area contributed by atoms with Crippen LogP contribution in [0, 0.1) is 13.8 Å². The van der Waals surface area contributed by atoms with Crippen LogP contribution in [-0.4, -0.2) is 24.5 Å². The molecule has 5 heteroatoms. The first-order chi connectivity index (χ1) is 7.81. The molecule has 1 aromatic carbocycles. The standard InChI is InChI=1S/C12H15F3O2/c1-8-4-3-5-10(9(8)2)11(16)6-17-7-12(13,14)15/h3-5,11,16H,6-7H2,1-2H3. The van der Waals surface area contributed by atoms with Gasteiger partial charge in [0.2, 0.25) is 0 Å². The zero-order valence-electron chi connectivity index (χ0n) is 9.71. The van der Waals surface area contributed by atoms with Gasteiger partial charge in [-0.15, -0.1) is 0 Å². The number of ether oxygens (including phenoxy) is 1. The maximum Gasteiger partial charge on any atom is 0.411 e. The SMILES string of the molecule is Cc1cccc(C(O)COCC(F)(F)F)c1C. The number of alkyl halides is 3. The third-order valence-electron chi connectivity index (χ3n) is 2.55. The quantitative estimate of drug-likeness (QED) is 0.887. The molecule has 0 heterocycles. The van der Waals surface area contributed by atoms with Crippen molar-refractivity contribution in [1.29, 1.82) is 0 Å². The number of aliphatic hydroxyl groups excluding tert-OH is 1. The van der Waals surface area contributed by atoms with Gasteiger partial charge in [0.15, 0.2) is 0 Å². The van der Waals surface area contributed by atoms with Crippen LogP contribution in [0.1, 0.15) is 22.8 Å². The van der Waals surface area contributed by atoms with Crippen molar-refractivity contribution in [3.8, 4) is 0 Å². The molecule has 17 heavy (non-hydrogen) atoms. The minimum atomic E-state index is -4.36. The van der Waals surface area contributed by atoms with Crippen LogP contribution in [0.15, 0.2) is 18.2 Å². The van der Waals surface area contributed by atoms with Gasteiger partial charge < -0.3 is 9.84 Å². The first-order valence-electron chi connectivity index (χ1n) is 5.20. The Hall–Kier alpha value is -1.07. The lowest BCUT2D eigenvalue weighted by Gasteiger charge is -2.16. The average molecular weight is 248 g/mol. The third-order valence-corrected chi connectivity index (χ3v) is 2.55. The van der Waals surface area contributed by atoms with E-state index in [0.29, 0.717) is 5.56 Å². The normalized spacial score (nSPS) is 13.8. The fourth-order valence-electron chi connectivity index (χ4n) is 1.51.